The van der Waals surface area contributed by atoms with Crippen molar-refractivity contribution >= 4 is 30.0 Å². The molecular formula is C27H37O3P. The van der Waals surface area contributed by atoms with Gasteiger partial charge in [0.05, 0.1) is 12.8 Å². The van der Waals surface area contributed by atoms with Gasteiger partial charge in [-0.1, -0.05) is 60.5 Å². The molecule has 0 amide bonds. The van der Waals surface area contributed by atoms with E-state index in [0.29, 0.717) is 5.66 Å². The molecule has 1 aliphatic rings. The second kappa shape index (κ2) is 7.93. The molecule has 4 heteroatoms. The molecule has 2 aromatic carbocycles. The van der Waals surface area contributed by atoms with Crippen LogP contribution in [-0.2, 0) is 10.8 Å². The molecule has 1 aliphatic carbocycles. The standard InChI is InChI=1S/C27H37O3P/c1-17-13-20-21-15-18(28-8)16-23(27(5,6)7)25(21)30-31(19-11-9-10-12-19)29-24(20)22(14-17)26(2,3)4/h13-16,19H,9-12H2,1-8H3. The molecule has 0 spiro atoms. The van der Waals surface area contributed by atoms with Gasteiger partial charge in [0.1, 0.15) is 16.9 Å². The van der Waals surface area contributed by atoms with Crippen LogP contribution < -0.4 is 4.74 Å². The molecular weight excluding hydrogens is 403 g/mol. The number of hydrogen-bond acceptors (Lipinski definition) is 3. The highest BCUT2D eigenvalue weighted by Crippen LogP contribution is 2.53. The summed E-state index contributed by atoms with van der Waals surface area (Å²) in [6.07, 6.45) is 4.91. The summed E-state index contributed by atoms with van der Waals surface area (Å²) in [5.74, 6) is 0.865. The second-order valence-electron chi connectivity index (χ2n) is 11.1. The van der Waals surface area contributed by atoms with Gasteiger partial charge in [-0.05, 0) is 54.4 Å². The molecule has 1 unspecified atom stereocenters. The minimum atomic E-state index is -1.06. The lowest BCUT2D eigenvalue weighted by Crippen LogP contribution is -2.12. The number of hydrogen-bond donors (Lipinski definition) is 0. The highest BCUT2D eigenvalue weighted by atomic mass is 31.1. The molecule has 31 heavy (non-hydrogen) atoms. The molecule has 0 bridgehead atoms. The van der Waals surface area contributed by atoms with Crippen LogP contribution in [0.4, 0.5) is 0 Å². The number of fused-ring (bicyclic) bond motifs is 3. The third kappa shape index (κ3) is 4.27. The van der Waals surface area contributed by atoms with Gasteiger partial charge in [-0.2, -0.15) is 0 Å². The average molecular weight is 441 g/mol. The van der Waals surface area contributed by atoms with Crippen molar-refractivity contribution in [2.45, 2.75) is 90.6 Å². The van der Waals surface area contributed by atoms with Crippen molar-refractivity contribution in [3.8, 4) is 5.75 Å². The van der Waals surface area contributed by atoms with E-state index in [1.165, 1.54) is 42.4 Å². The number of aryl methyl sites for hydroxylation is 1. The van der Waals surface area contributed by atoms with Crippen LogP contribution in [0.15, 0.2) is 32.7 Å². The van der Waals surface area contributed by atoms with Crippen molar-refractivity contribution in [3.63, 3.8) is 0 Å². The van der Waals surface area contributed by atoms with Gasteiger partial charge < -0.3 is 13.1 Å². The Kier molecular flexibility index (Phi) is 5.71. The van der Waals surface area contributed by atoms with Gasteiger partial charge in [-0.25, -0.2) is 0 Å². The summed E-state index contributed by atoms with van der Waals surface area (Å²) in [6.45, 7) is 15.7. The molecule has 0 N–H and O–H groups in total. The Labute approximate surface area is 187 Å². The van der Waals surface area contributed by atoms with Crippen LogP contribution in [-0.4, -0.2) is 7.11 Å². The van der Waals surface area contributed by atoms with Crippen LogP contribution in [0, 0.1) is 6.92 Å². The zero-order valence-electron chi connectivity index (χ0n) is 20.4. The highest BCUT2D eigenvalue weighted by Gasteiger charge is 2.28. The molecule has 4 rings (SSSR count). The summed E-state index contributed by atoms with van der Waals surface area (Å²) in [5, 5.41) is 2.23. The zero-order chi connectivity index (χ0) is 22.6. The minimum Gasteiger partial charge on any atom is -0.497 e. The van der Waals surface area contributed by atoms with Gasteiger partial charge in [-0.3, -0.25) is 0 Å². The summed E-state index contributed by atoms with van der Waals surface area (Å²) < 4.78 is 19.5. The first-order valence-corrected chi connectivity index (χ1v) is 12.8. The van der Waals surface area contributed by atoms with E-state index in [-0.39, 0.29) is 10.8 Å². The maximum absolute atomic E-state index is 6.88. The summed E-state index contributed by atoms with van der Waals surface area (Å²) in [7, 11) is 0.678. The molecule has 3 aromatic rings. The van der Waals surface area contributed by atoms with E-state index in [1.807, 2.05) is 0 Å². The Morgan fingerprint density at radius 3 is 1.84 bits per heavy atom. The first kappa shape index (κ1) is 22.3. The van der Waals surface area contributed by atoms with Gasteiger partial charge in [0, 0.05) is 21.9 Å². The Morgan fingerprint density at radius 2 is 1.32 bits per heavy atom. The fraction of sp³-hybridized carbons (Fsp3) is 0.556. The zero-order valence-corrected chi connectivity index (χ0v) is 21.3. The van der Waals surface area contributed by atoms with Gasteiger partial charge in [0.25, 0.3) is 0 Å². The third-order valence-corrected chi connectivity index (χ3v) is 8.26. The van der Waals surface area contributed by atoms with Gasteiger partial charge in [-0.15, -0.1) is 0 Å². The lowest BCUT2D eigenvalue weighted by atomic mass is 9.83. The quantitative estimate of drug-likeness (QED) is 0.398. The third-order valence-electron chi connectivity index (χ3n) is 6.42. The molecule has 1 atom stereocenters. The maximum Gasteiger partial charge on any atom is 0.219 e. The van der Waals surface area contributed by atoms with Gasteiger partial charge >= 0.3 is 0 Å². The molecule has 1 fully saturated rings. The number of ether oxygens (including phenoxy) is 1. The normalized spacial score (nSPS) is 16.3. The van der Waals surface area contributed by atoms with Gasteiger partial charge in [0.2, 0.25) is 8.01 Å². The van der Waals surface area contributed by atoms with Crippen LogP contribution in [0.3, 0.4) is 0 Å². The van der Waals surface area contributed by atoms with E-state index < -0.39 is 8.01 Å². The van der Waals surface area contributed by atoms with Crippen LogP contribution in [0.5, 0.6) is 5.75 Å². The minimum absolute atomic E-state index is 0.0248. The van der Waals surface area contributed by atoms with Crippen LogP contribution in [0.1, 0.15) is 89.6 Å². The topological polar surface area (TPSA) is 35.5 Å². The van der Waals surface area contributed by atoms with Crippen molar-refractivity contribution in [2.24, 2.45) is 0 Å². The highest BCUT2D eigenvalue weighted by molar-refractivity contribution is 7.37. The van der Waals surface area contributed by atoms with Crippen molar-refractivity contribution in [1.82, 2.24) is 0 Å². The lowest BCUT2D eigenvalue weighted by Gasteiger charge is -2.21. The van der Waals surface area contributed by atoms with Crippen LogP contribution >= 0.6 is 8.01 Å². The SMILES string of the molecule is COc1cc(C(C)(C)C)c2op(C3CCCC3)oc3c(C(C)(C)C)cc(C)cc3c2c1. The van der Waals surface area contributed by atoms with Crippen molar-refractivity contribution in [1.29, 1.82) is 0 Å². The van der Waals surface area contributed by atoms with Gasteiger partial charge in [0.15, 0.2) is 0 Å². The first-order chi connectivity index (χ1) is 14.5. The first-order valence-electron chi connectivity index (χ1n) is 11.5. The fourth-order valence-corrected chi connectivity index (χ4v) is 6.54. The molecule has 3 nitrogen and oxygen atoms in total. The summed E-state index contributed by atoms with van der Waals surface area (Å²) >= 11 is 0. The van der Waals surface area contributed by atoms with Crippen molar-refractivity contribution in [2.75, 3.05) is 7.11 Å². The van der Waals surface area contributed by atoms with Crippen LogP contribution in [0.25, 0.3) is 21.9 Å². The van der Waals surface area contributed by atoms with Crippen molar-refractivity contribution < 1.29 is 13.1 Å². The smallest absolute Gasteiger partial charge is 0.219 e. The summed E-state index contributed by atoms with van der Waals surface area (Å²) in [4.78, 5) is 0. The second-order valence-corrected chi connectivity index (χ2v) is 12.8. The lowest BCUT2D eigenvalue weighted by molar-refractivity contribution is 0.413. The van der Waals surface area contributed by atoms with E-state index in [0.717, 1.165) is 27.7 Å². The molecule has 0 aliphatic heterocycles. The van der Waals surface area contributed by atoms with Crippen LogP contribution in [0.2, 0.25) is 0 Å². The Hall–Kier alpha value is -1.86. The molecule has 1 heterocycles. The predicted molar refractivity (Wildman–Crippen MR) is 133 cm³/mol. The van der Waals surface area contributed by atoms with E-state index in [4.69, 9.17) is 13.1 Å². The molecule has 0 radical (unpaired) electrons. The van der Waals surface area contributed by atoms with E-state index >= 15 is 0 Å². The maximum atomic E-state index is 6.88. The average Bonchev–Trinajstić information content (AvgIpc) is 3.16. The molecule has 168 valence electrons. The molecule has 0 saturated heterocycles. The Balaban J connectivity index is 2.26. The van der Waals surface area contributed by atoms with E-state index in [1.54, 1.807) is 7.11 Å². The van der Waals surface area contributed by atoms with E-state index in [9.17, 15) is 0 Å². The number of rotatable bonds is 2. The predicted octanol–water partition coefficient (Wildman–Crippen LogP) is 9.32. The Morgan fingerprint density at radius 1 is 0.806 bits per heavy atom. The number of benzene rings is 2. The largest absolute Gasteiger partial charge is 0.497 e. The van der Waals surface area contributed by atoms with E-state index in [2.05, 4.69) is 72.7 Å². The fourth-order valence-electron chi connectivity index (χ4n) is 4.67. The summed E-state index contributed by atoms with van der Waals surface area (Å²) in [6, 6.07) is 8.82. The Bertz CT molecular complexity index is 1150. The van der Waals surface area contributed by atoms with Crippen molar-refractivity contribution in [3.05, 3.63) is 41.0 Å². The molecule has 1 saturated carbocycles. The molecule has 1 aromatic heterocycles. The monoisotopic (exact) mass is 440 g/mol. The number of methoxy groups -OCH3 is 1. The summed E-state index contributed by atoms with van der Waals surface area (Å²) in [5.41, 5.74) is 6.05.